The summed E-state index contributed by atoms with van der Waals surface area (Å²) in [6, 6.07) is 13.1. The van der Waals surface area contributed by atoms with Crippen molar-refractivity contribution < 1.29 is 14.3 Å². The van der Waals surface area contributed by atoms with E-state index in [9.17, 15) is 9.59 Å². The number of anilines is 1. The molecule has 3 aromatic rings. The Hall–Kier alpha value is -3.39. The van der Waals surface area contributed by atoms with Gasteiger partial charge in [0.25, 0.3) is 11.8 Å². The molecule has 1 aliphatic rings. The number of carbonyl (C=O) groups is 2. The quantitative estimate of drug-likeness (QED) is 0.623. The first-order valence-corrected chi connectivity index (χ1v) is 11.4. The van der Waals surface area contributed by atoms with Crippen LogP contribution < -0.4 is 15.0 Å². The minimum Gasteiger partial charge on any atom is -0.497 e. The van der Waals surface area contributed by atoms with Gasteiger partial charge in [-0.3, -0.25) is 9.59 Å². The Labute approximate surface area is 191 Å². The number of nitrogens with zero attached hydrogens (tertiary/aromatic N) is 3. The van der Waals surface area contributed by atoms with Gasteiger partial charge in [0.15, 0.2) is 0 Å². The van der Waals surface area contributed by atoms with Crippen molar-refractivity contribution in [2.24, 2.45) is 0 Å². The zero-order valence-corrected chi connectivity index (χ0v) is 19.0. The van der Waals surface area contributed by atoms with E-state index in [4.69, 9.17) is 4.74 Å². The van der Waals surface area contributed by atoms with E-state index in [0.29, 0.717) is 44.1 Å². The molecule has 8 heteroatoms. The van der Waals surface area contributed by atoms with Crippen molar-refractivity contribution in [2.75, 3.05) is 38.2 Å². The second-order valence-corrected chi connectivity index (χ2v) is 8.53. The van der Waals surface area contributed by atoms with Crippen LogP contribution in [0.2, 0.25) is 0 Å². The van der Waals surface area contributed by atoms with Gasteiger partial charge in [0.1, 0.15) is 11.6 Å². The molecule has 2 amide bonds. The van der Waals surface area contributed by atoms with Gasteiger partial charge in [-0.2, -0.15) is 0 Å². The van der Waals surface area contributed by atoms with Crippen LogP contribution in [0.3, 0.4) is 0 Å². The number of nitrogens with one attached hydrogen (secondary N) is 1. The summed E-state index contributed by atoms with van der Waals surface area (Å²) in [4.78, 5) is 34.9. The molecule has 32 heavy (non-hydrogen) atoms. The fraction of sp³-hybridized carbons (Fsp3) is 0.292. The lowest BCUT2D eigenvalue weighted by Gasteiger charge is -2.36. The van der Waals surface area contributed by atoms with Gasteiger partial charge >= 0.3 is 0 Å². The maximum absolute atomic E-state index is 12.9. The van der Waals surface area contributed by atoms with Gasteiger partial charge < -0.3 is 19.9 Å². The van der Waals surface area contributed by atoms with E-state index in [0.717, 1.165) is 21.8 Å². The molecule has 3 heterocycles. The van der Waals surface area contributed by atoms with Crippen LogP contribution in [-0.4, -0.2) is 55.0 Å². The highest BCUT2D eigenvalue weighted by Crippen LogP contribution is 2.22. The highest BCUT2D eigenvalue weighted by molar-refractivity contribution is 7.12. The van der Waals surface area contributed by atoms with E-state index < -0.39 is 0 Å². The van der Waals surface area contributed by atoms with Crippen molar-refractivity contribution in [3.63, 3.8) is 0 Å². The van der Waals surface area contributed by atoms with Gasteiger partial charge in [0.05, 0.1) is 17.6 Å². The molecule has 0 radical (unpaired) electrons. The Bertz CT molecular complexity index is 1090. The van der Waals surface area contributed by atoms with E-state index in [1.54, 1.807) is 25.4 Å². The van der Waals surface area contributed by atoms with Crippen LogP contribution in [-0.2, 0) is 6.54 Å². The maximum Gasteiger partial charge on any atom is 0.264 e. The van der Waals surface area contributed by atoms with Crippen LogP contribution in [0.5, 0.6) is 5.75 Å². The number of methoxy groups -OCH3 is 1. The summed E-state index contributed by atoms with van der Waals surface area (Å²) in [5.41, 5.74) is 2.54. The lowest BCUT2D eigenvalue weighted by molar-refractivity contribution is 0.0750. The summed E-state index contributed by atoms with van der Waals surface area (Å²) in [6.45, 7) is 4.83. The number of hydrogen-bond acceptors (Lipinski definition) is 6. The van der Waals surface area contributed by atoms with Crippen molar-refractivity contribution in [3.8, 4) is 5.75 Å². The fourth-order valence-electron chi connectivity index (χ4n) is 3.70. The third-order valence-corrected chi connectivity index (χ3v) is 6.57. The Morgan fingerprint density at radius 1 is 1.09 bits per heavy atom. The Balaban J connectivity index is 1.39. The van der Waals surface area contributed by atoms with E-state index in [2.05, 4.69) is 15.2 Å². The van der Waals surface area contributed by atoms with Gasteiger partial charge in [-0.15, -0.1) is 11.3 Å². The summed E-state index contributed by atoms with van der Waals surface area (Å²) in [7, 11) is 1.62. The molecule has 0 aliphatic carbocycles. The van der Waals surface area contributed by atoms with Crippen LogP contribution in [0.4, 0.5) is 5.82 Å². The monoisotopic (exact) mass is 450 g/mol. The Morgan fingerprint density at radius 3 is 2.50 bits per heavy atom. The number of aromatic nitrogens is 1. The van der Waals surface area contributed by atoms with E-state index in [1.807, 2.05) is 47.5 Å². The van der Waals surface area contributed by atoms with Gasteiger partial charge in [0, 0.05) is 38.9 Å². The molecule has 0 bridgehead atoms. The minimum atomic E-state index is -0.170. The van der Waals surface area contributed by atoms with Crippen LogP contribution in [0.25, 0.3) is 0 Å². The highest BCUT2D eigenvalue weighted by Gasteiger charge is 2.26. The first kappa shape index (κ1) is 21.8. The average Bonchev–Trinajstić information content (AvgIpc) is 3.28. The molecular weight excluding hydrogens is 424 g/mol. The largest absolute Gasteiger partial charge is 0.497 e. The normalized spacial score (nSPS) is 13.7. The van der Waals surface area contributed by atoms with Crippen molar-refractivity contribution in [2.45, 2.75) is 13.5 Å². The van der Waals surface area contributed by atoms with Gasteiger partial charge in [-0.25, -0.2) is 4.98 Å². The summed E-state index contributed by atoms with van der Waals surface area (Å²) in [5.74, 6) is 1.34. The number of rotatable bonds is 6. The second-order valence-electron chi connectivity index (χ2n) is 7.62. The third-order valence-electron chi connectivity index (χ3n) is 5.57. The lowest BCUT2D eigenvalue weighted by Crippen LogP contribution is -2.49. The molecule has 1 aliphatic heterocycles. The first-order chi connectivity index (χ1) is 15.6. The topological polar surface area (TPSA) is 74.8 Å². The van der Waals surface area contributed by atoms with Crippen molar-refractivity contribution in [1.82, 2.24) is 15.2 Å². The summed E-state index contributed by atoms with van der Waals surface area (Å²) >= 11 is 1.48. The second kappa shape index (κ2) is 9.82. The van der Waals surface area contributed by atoms with Crippen molar-refractivity contribution >= 4 is 29.0 Å². The molecule has 2 aromatic heterocycles. The number of aryl methyl sites for hydroxylation is 1. The smallest absolute Gasteiger partial charge is 0.264 e. The number of thiophene rings is 1. The highest BCUT2D eigenvalue weighted by atomic mass is 32.1. The number of hydrogen-bond donors (Lipinski definition) is 1. The molecule has 166 valence electrons. The van der Waals surface area contributed by atoms with Crippen molar-refractivity contribution in [3.05, 3.63) is 75.6 Å². The average molecular weight is 451 g/mol. The SMILES string of the molecule is COc1ccc(CNC(=O)c2cccnc2N2CCN(C(=O)c3sccc3C)CC2)cc1. The predicted molar refractivity (Wildman–Crippen MR) is 126 cm³/mol. The van der Waals surface area contributed by atoms with Gasteiger partial charge in [0.2, 0.25) is 0 Å². The number of piperazine rings is 1. The zero-order chi connectivity index (χ0) is 22.5. The molecule has 0 atom stereocenters. The van der Waals surface area contributed by atoms with E-state index in [1.165, 1.54) is 11.3 Å². The molecule has 0 saturated carbocycles. The van der Waals surface area contributed by atoms with Gasteiger partial charge in [-0.05, 0) is 53.8 Å². The van der Waals surface area contributed by atoms with Crippen LogP contribution >= 0.6 is 11.3 Å². The summed E-state index contributed by atoms with van der Waals surface area (Å²) in [5, 5.41) is 4.92. The zero-order valence-electron chi connectivity index (χ0n) is 18.2. The third kappa shape index (κ3) is 4.75. The Kier molecular flexibility index (Phi) is 6.70. The lowest BCUT2D eigenvalue weighted by atomic mass is 10.1. The molecule has 1 saturated heterocycles. The van der Waals surface area contributed by atoms with Crippen molar-refractivity contribution in [1.29, 1.82) is 0 Å². The molecule has 0 unspecified atom stereocenters. The van der Waals surface area contributed by atoms with Gasteiger partial charge in [-0.1, -0.05) is 12.1 Å². The number of pyridine rings is 1. The standard InChI is InChI=1S/C24H26N4O3S/c1-17-9-15-32-21(17)24(30)28-13-11-27(12-14-28)22-20(4-3-10-25-22)23(29)26-16-18-5-7-19(31-2)8-6-18/h3-10,15H,11-14,16H2,1-2H3,(H,26,29). The molecule has 0 spiro atoms. The van der Waals surface area contributed by atoms with Crippen LogP contribution in [0, 0.1) is 6.92 Å². The molecule has 7 nitrogen and oxygen atoms in total. The summed E-state index contributed by atoms with van der Waals surface area (Å²) < 4.78 is 5.17. The molecular formula is C24H26N4O3S. The maximum atomic E-state index is 12.9. The van der Waals surface area contributed by atoms with E-state index in [-0.39, 0.29) is 11.8 Å². The van der Waals surface area contributed by atoms with Crippen LogP contribution in [0.1, 0.15) is 31.2 Å². The molecule has 1 fully saturated rings. The Morgan fingerprint density at radius 2 is 1.84 bits per heavy atom. The summed E-state index contributed by atoms with van der Waals surface area (Å²) in [6.07, 6.45) is 1.70. The number of carbonyl (C=O) groups excluding carboxylic acids is 2. The van der Waals surface area contributed by atoms with Crippen LogP contribution in [0.15, 0.2) is 54.0 Å². The first-order valence-electron chi connectivity index (χ1n) is 10.5. The molecule has 1 N–H and O–H groups in total. The number of benzene rings is 1. The number of amides is 2. The minimum absolute atomic E-state index is 0.0793. The predicted octanol–water partition coefficient (Wildman–Crippen LogP) is 3.35. The molecule has 1 aromatic carbocycles. The van der Waals surface area contributed by atoms with E-state index >= 15 is 0 Å². The number of ether oxygens (including phenoxy) is 1. The fourth-order valence-corrected chi connectivity index (χ4v) is 4.60. The molecule has 4 rings (SSSR count).